The Morgan fingerprint density at radius 2 is 2.29 bits per heavy atom. The van der Waals surface area contributed by atoms with Gasteiger partial charge in [0.25, 0.3) is 0 Å². The molecule has 1 aliphatic rings. The van der Waals surface area contributed by atoms with E-state index in [1.165, 1.54) is 17.3 Å². The Kier molecular flexibility index (Phi) is 4.08. The Balaban J connectivity index is 2.00. The average Bonchev–Trinajstić information content (AvgIpc) is 2.71. The molecule has 1 N–H and O–H groups in total. The molecular formula is C11H18N4O2. The Hall–Kier alpha value is -1.43. The number of hydrogen-bond acceptors (Lipinski definition) is 4. The zero-order valence-electron chi connectivity index (χ0n) is 9.83. The molecule has 0 radical (unpaired) electrons. The number of amides is 1. The molecular weight excluding hydrogens is 220 g/mol. The van der Waals surface area contributed by atoms with Crippen LogP contribution in [0.25, 0.3) is 0 Å². The van der Waals surface area contributed by atoms with Crippen molar-refractivity contribution >= 4 is 5.91 Å². The third-order valence-electron chi connectivity index (χ3n) is 3.17. The van der Waals surface area contributed by atoms with Gasteiger partial charge in [-0.3, -0.25) is 4.79 Å². The molecule has 0 bridgehead atoms. The number of hydrogen-bond donors (Lipinski definition) is 1. The average molecular weight is 238 g/mol. The van der Waals surface area contributed by atoms with Crippen molar-refractivity contribution in [2.45, 2.75) is 38.3 Å². The van der Waals surface area contributed by atoms with Crippen LogP contribution in [-0.4, -0.2) is 49.9 Å². The molecule has 6 heteroatoms. The molecule has 0 saturated carbocycles. The van der Waals surface area contributed by atoms with Crippen LogP contribution < -0.4 is 0 Å². The highest BCUT2D eigenvalue weighted by Gasteiger charge is 2.24. The standard InChI is InChI=1S/C11H18N4O2/c16-7-10-4-2-1-3-5-15(10)11(17)6-14-9-12-8-13-14/h8-10,16H,1-7H2. The quantitative estimate of drug-likeness (QED) is 0.807. The summed E-state index contributed by atoms with van der Waals surface area (Å²) in [5.74, 6) is 0.0106. The lowest BCUT2D eigenvalue weighted by molar-refractivity contribution is -0.135. The first-order valence-electron chi connectivity index (χ1n) is 6.04. The molecule has 1 atom stereocenters. The summed E-state index contributed by atoms with van der Waals surface area (Å²) in [6.45, 7) is 0.984. The third-order valence-corrected chi connectivity index (χ3v) is 3.17. The van der Waals surface area contributed by atoms with Gasteiger partial charge in [0.05, 0.1) is 12.6 Å². The SMILES string of the molecule is O=C(Cn1cncn1)N1CCCCCC1CO. The van der Waals surface area contributed by atoms with E-state index in [1.54, 1.807) is 4.90 Å². The van der Waals surface area contributed by atoms with Gasteiger partial charge in [0, 0.05) is 6.54 Å². The van der Waals surface area contributed by atoms with Crippen LogP contribution in [0, 0.1) is 0 Å². The number of rotatable bonds is 3. The summed E-state index contributed by atoms with van der Waals surface area (Å²) in [5, 5.41) is 13.3. The largest absolute Gasteiger partial charge is 0.394 e. The van der Waals surface area contributed by atoms with Crippen molar-refractivity contribution in [2.24, 2.45) is 0 Å². The van der Waals surface area contributed by atoms with Crippen molar-refractivity contribution in [1.82, 2.24) is 19.7 Å². The normalized spacial score (nSPS) is 21.2. The highest BCUT2D eigenvalue weighted by molar-refractivity contribution is 5.76. The molecule has 1 aromatic heterocycles. The summed E-state index contributed by atoms with van der Waals surface area (Å²) in [7, 11) is 0. The van der Waals surface area contributed by atoms with E-state index in [1.807, 2.05) is 0 Å². The number of carbonyl (C=O) groups excluding carboxylic acids is 1. The van der Waals surface area contributed by atoms with Gasteiger partial charge >= 0.3 is 0 Å². The van der Waals surface area contributed by atoms with E-state index >= 15 is 0 Å². The second-order valence-corrected chi connectivity index (χ2v) is 4.37. The topological polar surface area (TPSA) is 71.2 Å². The van der Waals surface area contributed by atoms with Crippen LogP contribution in [0.15, 0.2) is 12.7 Å². The molecule has 2 rings (SSSR count). The van der Waals surface area contributed by atoms with Gasteiger partial charge in [-0.1, -0.05) is 12.8 Å². The van der Waals surface area contributed by atoms with E-state index in [4.69, 9.17) is 0 Å². The molecule has 2 heterocycles. The van der Waals surface area contributed by atoms with Gasteiger partial charge in [-0.15, -0.1) is 0 Å². The predicted octanol–water partition coefficient (Wildman–Crippen LogP) is 0.0416. The highest BCUT2D eigenvalue weighted by Crippen LogP contribution is 2.16. The molecule has 0 spiro atoms. The van der Waals surface area contributed by atoms with Crippen LogP contribution in [-0.2, 0) is 11.3 Å². The Morgan fingerprint density at radius 3 is 3.00 bits per heavy atom. The predicted molar refractivity (Wildman–Crippen MR) is 61.1 cm³/mol. The molecule has 1 saturated heterocycles. The fourth-order valence-corrected chi connectivity index (χ4v) is 2.24. The smallest absolute Gasteiger partial charge is 0.244 e. The monoisotopic (exact) mass is 238 g/mol. The number of nitrogens with zero attached hydrogens (tertiary/aromatic N) is 4. The summed E-state index contributed by atoms with van der Waals surface area (Å²) >= 11 is 0. The summed E-state index contributed by atoms with van der Waals surface area (Å²) in [4.78, 5) is 17.7. The Labute approximate surface area is 100 Å². The molecule has 1 aliphatic heterocycles. The van der Waals surface area contributed by atoms with E-state index in [-0.39, 0.29) is 25.1 Å². The number of likely N-dealkylation sites (tertiary alicyclic amines) is 1. The van der Waals surface area contributed by atoms with Crippen molar-refractivity contribution in [3.63, 3.8) is 0 Å². The van der Waals surface area contributed by atoms with Crippen molar-refractivity contribution in [2.75, 3.05) is 13.2 Å². The van der Waals surface area contributed by atoms with E-state index in [2.05, 4.69) is 10.1 Å². The van der Waals surface area contributed by atoms with E-state index in [9.17, 15) is 9.90 Å². The first kappa shape index (κ1) is 12.0. The molecule has 1 aromatic rings. The lowest BCUT2D eigenvalue weighted by Gasteiger charge is -2.28. The lowest BCUT2D eigenvalue weighted by atomic mass is 10.1. The van der Waals surface area contributed by atoms with Gasteiger partial charge in [0.1, 0.15) is 19.2 Å². The maximum atomic E-state index is 12.1. The van der Waals surface area contributed by atoms with Gasteiger partial charge < -0.3 is 10.0 Å². The molecule has 1 fully saturated rings. The Bertz CT molecular complexity index is 352. The fraction of sp³-hybridized carbons (Fsp3) is 0.727. The van der Waals surface area contributed by atoms with Crippen LogP contribution in [0.3, 0.4) is 0 Å². The van der Waals surface area contributed by atoms with Crippen LogP contribution in [0.5, 0.6) is 0 Å². The summed E-state index contributed by atoms with van der Waals surface area (Å²) < 4.78 is 1.52. The number of carbonyl (C=O) groups is 1. The molecule has 1 amide bonds. The van der Waals surface area contributed by atoms with E-state index < -0.39 is 0 Å². The van der Waals surface area contributed by atoms with Gasteiger partial charge in [-0.05, 0) is 12.8 Å². The second-order valence-electron chi connectivity index (χ2n) is 4.37. The Morgan fingerprint density at radius 1 is 1.41 bits per heavy atom. The first-order valence-corrected chi connectivity index (χ1v) is 6.04. The molecule has 0 aromatic carbocycles. The van der Waals surface area contributed by atoms with Crippen LogP contribution in [0.2, 0.25) is 0 Å². The minimum absolute atomic E-state index is 0.0106. The van der Waals surface area contributed by atoms with Crippen molar-refractivity contribution in [3.05, 3.63) is 12.7 Å². The van der Waals surface area contributed by atoms with Gasteiger partial charge in [-0.25, -0.2) is 9.67 Å². The van der Waals surface area contributed by atoms with Crippen LogP contribution in [0.4, 0.5) is 0 Å². The molecule has 94 valence electrons. The minimum Gasteiger partial charge on any atom is -0.394 e. The highest BCUT2D eigenvalue weighted by atomic mass is 16.3. The maximum absolute atomic E-state index is 12.1. The van der Waals surface area contributed by atoms with Crippen molar-refractivity contribution in [3.8, 4) is 0 Å². The maximum Gasteiger partial charge on any atom is 0.244 e. The van der Waals surface area contributed by atoms with Crippen molar-refractivity contribution < 1.29 is 9.90 Å². The van der Waals surface area contributed by atoms with Crippen LogP contribution >= 0.6 is 0 Å². The van der Waals surface area contributed by atoms with Gasteiger partial charge in [0.2, 0.25) is 5.91 Å². The van der Waals surface area contributed by atoms with Crippen LogP contribution in [0.1, 0.15) is 25.7 Å². The van der Waals surface area contributed by atoms with Crippen molar-refractivity contribution in [1.29, 1.82) is 0 Å². The molecule has 17 heavy (non-hydrogen) atoms. The first-order chi connectivity index (χ1) is 8.31. The van der Waals surface area contributed by atoms with E-state index in [0.29, 0.717) is 0 Å². The summed E-state index contributed by atoms with van der Waals surface area (Å²) in [6, 6.07) is -0.0338. The molecule has 1 unspecified atom stereocenters. The zero-order chi connectivity index (χ0) is 12.1. The lowest BCUT2D eigenvalue weighted by Crippen LogP contribution is -2.43. The van der Waals surface area contributed by atoms with Gasteiger partial charge in [-0.2, -0.15) is 5.10 Å². The number of aliphatic hydroxyl groups excluding tert-OH is 1. The number of aliphatic hydroxyl groups is 1. The minimum atomic E-state index is -0.0338. The summed E-state index contributed by atoms with van der Waals surface area (Å²) in [6.07, 6.45) is 7.06. The fourth-order valence-electron chi connectivity index (χ4n) is 2.24. The summed E-state index contributed by atoms with van der Waals surface area (Å²) in [5.41, 5.74) is 0. The van der Waals surface area contributed by atoms with E-state index in [0.717, 1.165) is 32.2 Å². The number of aromatic nitrogens is 3. The second kappa shape index (κ2) is 5.77. The van der Waals surface area contributed by atoms with Gasteiger partial charge in [0.15, 0.2) is 0 Å². The third kappa shape index (κ3) is 3.03. The molecule has 6 nitrogen and oxygen atoms in total. The zero-order valence-corrected chi connectivity index (χ0v) is 9.83. The molecule has 0 aliphatic carbocycles.